The van der Waals surface area contributed by atoms with Gasteiger partial charge in [0, 0.05) is 13.1 Å². The lowest BCUT2D eigenvalue weighted by molar-refractivity contribution is -0.223. The van der Waals surface area contributed by atoms with E-state index < -0.39 is 5.79 Å². The van der Waals surface area contributed by atoms with E-state index in [0.717, 1.165) is 0 Å². The van der Waals surface area contributed by atoms with Crippen LogP contribution < -0.4 is 11.5 Å². The molecule has 0 heterocycles. The van der Waals surface area contributed by atoms with Crippen molar-refractivity contribution in [2.45, 2.75) is 19.6 Å². The molecule has 0 saturated heterocycles. The minimum absolute atomic E-state index is 0.483. The van der Waals surface area contributed by atoms with E-state index in [1.54, 1.807) is 0 Å². The molecule has 104 valence electrons. The van der Waals surface area contributed by atoms with Gasteiger partial charge >= 0.3 is 0 Å². The van der Waals surface area contributed by atoms with Crippen LogP contribution in [0, 0.1) is 0 Å². The van der Waals surface area contributed by atoms with Gasteiger partial charge in [0.2, 0.25) is 0 Å². The first kappa shape index (κ1) is 16.8. The molecule has 0 aliphatic carbocycles. The SMILES string of the molecule is CC(C)(OCCOCCN)OCCOCCN. The molecule has 0 amide bonds. The highest BCUT2D eigenvalue weighted by molar-refractivity contribution is 4.53. The molecule has 0 spiro atoms. The Morgan fingerprint density at radius 1 is 0.706 bits per heavy atom. The minimum atomic E-state index is -0.627. The highest BCUT2D eigenvalue weighted by Gasteiger charge is 2.18. The van der Waals surface area contributed by atoms with Crippen molar-refractivity contribution in [3.8, 4) is 0 Å². The number of ether oxygens (including phenoxy) is 4. The zero-order valence-electron chi connectivity index (χ0n) is 10.9. The number of hydrogen-bond donors (Lipinski definition) is 2. The molecule has 0 rings (SSSR count). The van der Waals surface area contributed by atoms with Crippen LogP contribution in [0.1, 0.15) is 13.8 Å². The van der Waals surface area contributed by atoms with Crippen LogP contribution in [0.2, 0.25) is 0 Å². The Morgan fingerprint density at radius 3 is 1.47 bits per heavy atom. The Labute approximate surface area is 104 Å². The van der Waals surface area contributed by atoms with Gasteiger partial charge in [0.1, 0.15) is 0 Å². The quantitative estimate of drug-likeness (QED) is 0.365. The van der Waals surface area contributed by atoms with Gasteiger partial charge in [0.25, 0.3) is 0 Å². The van der Waals surface area contributed by atoms with Gasteiger partial charge in [-0.1, -0.05) is 0 Å². The average Bonchev–Trinajstić information content (AvgIpc) is 2.28. The number of rotatable bonds is 12. The lowest BCUT2D eigenvalue weighted by Crippen LogP contribution is -2.31. The summed E-state index contributed by atoms with van der Waals surface area (Å²) < 4.78 is 21.4. The van der Waals surface area contributed by atoms with E-state index in [-0.39, 0.29) is 0 Å². The summed E-state index contributed by atoms with van der Waals surface area (Å²) in [6.07, 6.45) is 0. The van der Waals surface area contributed by atoms with Gasteiger partial charge in [0.15, 0.2) is 5.79 Å². The topological polar surface area (TPSA) is 89.0 Å². The Bertz CT molecular complexity index is 152. The molecule has 0 unspecified atom stereocenters. The molecule has 0 aromatic carbocycles. The fraction of sp³-hybridized carbons (Fsp3) is 1.00. The normalized spacial score (nSPS) is 12.0. The monoisotopic (exact) mass is 250 g/mol. The number of hydrogen-bond acceptors (Lipinski definition) is 6. The second kappa shape index (κ2) is 10.9. The minimum Gasteiger partial charge on any atom is -0.378 e. The molecule has 6 nitrogen and oxygen atoms in total. The van der Waals surface area contributed by atoms with Crippen LogP contribution in [0.5, 0.6) is 0 Å². The van der Waals surface area contributed by atoms with Crippen molar-refractivity contribution in [3.63, 3.8) is 0 Å². The first-order chi connectivity index (χ1) is 8.12. The predicted molar refractivity (Wildman–Crippen MR) is 65.7 cm³/mol. The van der Waals surface area contributed by atoms with Crippen LogP contribution in [0.25, 0.3) is 0 Å². The maximum atomic E-state index is 5.51. The van der Waals surface area contributed by atoms with Gasteiger partial charge in [0.05, 0.1) is 39.6 Å². The van der Waals surface area contributed by atoms with Gasteiger partial charge in [-0.25, -0.2) is 0 Å². The molecule has 0 fully saturated rings. The van der Waals surface area contributed by atoms with Crippen LogP contribution in [0.15, 0.2) is 0 Å². The summed E-state index contributed by atoms with van der Waals surface area (Å²) in [5, 5.41) is 0. The van der Waals surface area contributed by atoms with E-state index >= 15 is 0 Å². The maximum Gasteiger partial charge on any atom is 0.162 e. The third kappa shape index (κ3) is 12.0. The summed E-state index contributed by atoms with van der Waals surface area (Å²) in [6.45, 7) is 7.89. The lowest BCUT2D eigenvalue weighted by atomic mass is 10.4. The van der Waals surface area contributed by atoms with Crippen molar-refractivity contribution in [2.75, 3.05) is 52.7 Å². The molecule has 0 bridgehead atoms. The molecule has 0 aliphatic heterocycles. The fourth-order valence-electron chi connectivity index (χ4n) is 1.11. The third-order valence-corrected chi connectivity index (χ3v) is 1.88. The number of nitrogens with two attached hydrogens (primary N) is 2. The standard InChI is InChI=1S/C11H26N2O4/c1-11(2,16-9-7-14-5-3-12)17-10-8-15-6-4-13/h3-10,12-13H2,1-2H3. The van der Waals surface area contributed by atoms with Crippen LogP contribution in [-0.2, 0) is 18.9 Å². The molecule has 0 radical (unpaired) electrons. The van der Waals surface area contributed by atoms with Crippen molar-refractivity contribution < 1.29 is 18.9 Å². The van der Waals surface area contributed by atoms with Crippen molar-refractivity contribution in [2.24, 2.45) is 11.5 Å². The Balaban J connectivity index is 3.38. The fourth-order valence-corrected chi connectivity index (χ4v) is 1.11. The van der Waals surface area contributed by atoms with E-state index in [9.17, 15) is 0 Å². The van der Waals surface area contributed by atoms with Crippen LogP contribution in [-0.4, -0.2) is 58.5 Å². The highest BCUT2D eigenvalue weighted by Crippen LogP contribution is 2.10. The summed E-state index contributed by atoms with van der Waals surface area (Å²) in [6, 6.07) is 0. The highest BCUT2D eigenvalue weighted by atomic mass is 16.7. The van der Waals surface area contributed by atoms with Crippen LogP contribution in [0.4, 0.5) is 0 Å². The largest absolute Gasteiger partial charge is 0.378 e. The first-order valence-corrected chi connectivity index (χ1v) is 5.96. The lowest BCUT2D eigenvalue weighted by Gasteiger charge is -2.25. The molecule has 17 heavy (non-hydrogen) atoms. The van der Waals surface area contributed by atoms with Crippen molar-refractivity contribution >= 4 is 0 Å². The smallest absolute Gasteiger partial charge is 0.162 e. The molecular weight excluding hydrogens is 224 g/mol. The second-order valence-corrected chi connectivity index (χ2v) is 3.90. The van der Waals surface area contributed by atoms with E-state index in [4.69, 9.17) is 30.4 Å². The van der Waals surface area contributed by atoms with E-state index in [0.29, 0.717) is 52.7 Å². The van der Waals surface area contributed by atoms with Crippen molar-refractivity contribution in [1.29, 1.82) is 0 Å². The van der Waals surface area contributed by atoms with Crippen molar-refractivity contribution in [3.05, 3.63) is 0 Å². The predicted octanol–water partition coefficient (Wildman–Crippen LogP) is -0.294. The molecule has 0 aromatic rings. The molecule has 4 N–H and O–H groups in total. The summed E-state index contributed by atoms with van der Waals surface area (Å²) >= 11 is 0. The van der Waals surface area contributed by atoms with E-state index in [2.05, 4.69) is 0 Å². The zero-order chi connectivity index (χ0) is 13.0. The molecular formula is C11H26N2O4. The summed E-state index contributed by atoms with van der Waals surface area (Å²) in [4.78, 5) is 0. The van der Waals surface area contributed by atoms with E-state index in [1.165, 1.54) is 0 Å². The van der Waals surface area contributed by atoms with Gasteiger partial charge in [-0.3, -0.25) is 0 Å². The maximum absolute atomic E-state index is 5.51. The molecule has 6 heteroatoms. The van der Waals surface area contributed by atoms with Gasteiger partial charge in [-0.2, -0.15) is 0 Å². The Hall–Kier alpha value is -0.240. The van der Waals surface area contributed by atoms with Gasteiger partial charge in [-0.05, 0) is 13.8 Å². The van der Waals surface area contributed by atoms with Crippen molar-refractivity contribution in [1.82, 2.24) is 0 Å². The Morgan fingerprint density at radius 2 is 1.12 bits per heavy atom. The molecule has 0 atom stereocenters. The second-order valence-electron chi connectivity index (χ2n) is 3.90. The van der Waals surface area contributed by atoms with Crippen LogP contribution in [0.3, 0.4) is 0 Å². The molecule has 0 aromatic heterocycles. The average molecular weight is 250 g/mol. The Kier molecular flexibility index (Phi) is 10.7. The summed E-state index contributed by atoms with van der Waals surface area (Å²) in [5.74, 6) is -0.627. The van der Waals surface area contributed by atoms with Gasteiger partial charge < -0.3 is 30.4 Å². The third-order valence-electron chi connectivity index (χ3n) is 1.88. The van der Waals surface area contributed by atoms with Gasteiger partial charge in [-0.15, -0.1) is 0 Å². The summed E-state index contributed by atoms with van der Waals surface area (Å²) in [7, 11) is 0. The van der Waals surface area contributed by atoms with Crippen LogP contribution >= 0.6 is 0 Å². The molecule has 0 saturated carbocycles. The van der Waals surface area contributed by atoms with E-state index in [1.807, 2.05) is 13.8 Å². The first-order valence-electron chi connectivity index (χ1n) is 5.96. The summed E-state index contributed by atoms with van der Waals surface area (Å²) in [5.41, 5.74) is 10.6. The molecule has 0 aliphatic rings. The zero-order valence-corrected chi connectivity index (χ0v) is 10.9.